The largest absolute Gasteiger partial charge is 0.452 e. The van der Waals surface area contributed by atoms with Gasteiger partial charge in [0.2, 0.25) is 0 Å². The monoisotopic (exact) mass is 291 g/mol. The lowest BCUT2D eigenvalue weighted by Crippen LogP contribution is -2.50. The molecule has 0 saturated carbocycles. The van der Waals surface area contributed by atoms with E-state index in [0.717, 1.165) is 39.3 Å². The topological polar surface area (TPSA) is 87.7 Å². The second-order valence-corrected chi connectivity index (χ2v) is 6.73. The van der Waals surface area contributed by atoms with E-state index in [2.05, 4.69) is 10.1 Å². The molecule has 0 spiro atoms. The Morgan fingerprint density at radius 3 is 2.79 bits per heavy atom. The van der Waals surface area contributed by atoms with Crippen LogP contribution in [0, 0.1) is 5.92 Å². The Bertz CT molecular complexity index is 420. The van der Waals surface area contributed by atoms with Crippen molar-refractivity contribution < 1.29 is 17.9 Å². The smallest absolute Gasteiger partial charge is 0.421 e. The van der Waals surface area contributed by atoms with Crippen LogP contribution in [0.4, 0.5) is 4.79 Å². The number of hydrogen-bond donors (Lipinski definition) is 2. The van der Waals surface area contributed by atoms with Gasteiger partial charge in [0.25, 0.3) is 0 Å². The van der Waals surface area contributed by atoms with Crippen LogP contribution in [0.1, 0.15) is 25.7 Å². The third-order valence-electron chi connectivity index (χ3n) is 3.83. The summed E-state index contributed by atoms with van der Waals surface area (Å²) in [7, 11) is -2.63. The van der Waals surface area contributed by atoms with Gasteiger partial charge in [0.15, 0.2) is 0 Å². The van der Waals surface area contributed by atoms with Crippen molar-refractivity contribution >= 4 is 16.3 Å². The third-order valence-corrected chi connectivity index (χ3v) is 5.26. The van der Waals surface area contributed by atoms with E-state index in [4.69, 9.17) is 0 Å². The van der Waals surface area contributed by atoms with E-state index in [9.17, 15) is 13.2 Å². The molecule has 0 aromatic rings. The first-order valence-electron chi connectivity index (χ1n) is 6.62. The molecule has 19 heavy (non-hydrogen) atoms. The second kappa shape index (κ2) is 6.06. The molecular formula is C11H21N3O4S. The number of piperidine rings is 1. The maximum Gasteiger partial charge on any atom is 0.421 e. The number of nitrogens with zero attached hydrogens (tertiary/aromatic N) is 1. The van der Waals surface area contributed by atoms with Crippen molar-refractivity contribution in [2.45, 2.75) is 31.7 Å². The number of nitrogens with one attached hydrogen (secondary N) is 2. The van der Waals surface area contributed by atoms with Crippen LogP contribution >= 0.6 is 0 Å². The molecule has 0 aromatic heterocycles. The molecule has 2 fully saturated rings. The standard InChI is InChI=1S/C11H21N3O4S/c1-18-11(15)13-19(16,17)14-7-3-4-9(8-14)10-5-2-6-12-10/h9-10,12H,2-8H2,1H3,(H,13,15). The average molecular weight is 291 g/mol. The second-order valence-electron chi connectivity index (χ2n) is 5.06. The zero-order chi connectivity index (χ0) is 13.9. The lowest BCUT2D eigenvalue weighted by molar-refractivity contribution is 0.175. The average Bonchev–Trinajstić information content (AvgIpc) is 2.92. The molecule has 2 rings (SSSR count). The van der Waals surface area contributed by atoms with Gasteiger partial charge in [-0.1, -0.05) is 0 Å². The summed E-state index contributed by atoms with van der Waals surface area (Å²) in [6, 6.07) is 0.399. The summed E-state index contributed by atoms with van der Waals surface area (Å²) in [4.78, 5) is 11.1. The predicted molar refractivity (Wildman–Crippen MR) is 69.8 cm³/mol. The molecule has 2 heterocycles. The van der Waals surface area contributed by atoms with Crippen LogP contribution in [0.25, 0.3) is 0 Å². The molecule has 2 saturated heterocycles. The summed E-state index contributed by atoms with van der Waals surface area (Å²) >= 11 is 0. The Kier molecular flexibility index (Phi) is 4.64. The van der Waals surface area contributed by atoms with Gasteiger partial charge in [-0.15, -0.1) is 0 Å². The van der Waals surface area contributed by atoms with Crippen molar-refractivity contribution in [3.63, 3.8) is 0 Å². The van der Waals surface area contributed by atoms with Gasteiger partial charge in [0.05, 0.1) is 7.11 Å². The minimum Gasteiger partial charge on any atom is -0.452 e. The summed E-state index contributed by atoms with van der Waals surface area (Å²) < 4.78 is 31.6. The van der Waals surface area contributed by atoms with Crippen molar-refractivity contribution in [1.29, 1.82) is 0 Å². The van der Waals surface area contributed by atoms with Crippen LogP contribution in [0.5, 0.6) is 0 Å². The van der Waals surface area contributed by atoms with Crippen molar-refractivity contribution in [2.24, 2.45) is 5.92 Å². The summed E-state index contributed by atoms with van der Waals surface area (Å²) in [5.74, 6) is 0.325. The molecule has 2 aliphatic rings. The maximum absolute atomic E-state index is 12.0. The van der Waals surface area contributed by atoms with Crippen molar-refractivity contribution in [3.8, 4) is 0 Å². The fourth-order valence-corrected chi connectivity index (χ4v) is 4.03. The van der Waals surface area contributed by atoms with Gasteiger partial charge in [-0.05, 0) is 38.1 Å². The molecule has 2 aliphatic heterocycles. The molecule has 0 aromatic carbocycles. The van der Waals surface area contributed by atoms with Gasteiger partial charge < -0.3 is 10.1 Å². The van der Waals surface area contributed by atoms with Gasteiger partial charge in [0, 0.05) is 19.1 Å². The van der Waals surface area contributed by atoms with Crippen molar-refractivity contribution in [3.05, 3.63) is 0 Å². The molecule has 2 unspecified atom stereocenters. The van der Waals surface area contributed by atoms with E-state index in [0.29, 0.717) is 25.0 Å². The lowest BCUT2D eigenvalue weighted by Gasteiger charge is -2.34. The highest BCUT2D eigenvalue weighted by Crippen LogP contribution is 2.25. The first-order chi connectivity index (χ1) is 9.03. The molecule has 110 valence electrons. The van der Waals surface area contributed by atoms with E-state index in [-0.39, 0.29) is 0 Å². The first-order valence-corrected chi connectivity index (χ1v) is 8.06. The van der Waals surface area contributed by atoms with Crippen LogP contribution in [-0.2, 0) is 14.9 Å². The highest BCUT2D eigenvalue weighted by Gasteiger charge is 2.34. The van der Waals surface area contributed by atoms with Crippen LogP contribution in [-0.4, -0.2) is 51.6 Å². The Labute approximate surface area is 113 Å². The third kappa shape index (κ3) is 3.58. The Hall–Kier alpha value is -0.860. The number of methoxy groups -OCH3 is 1. The van der Waals surface area contributed by atoms with Crippen LogP contribution in [0.15, 0.2) is 0 Å². The molecule has 1 amide bonds. The highest BCUT2D eigenvalue weighted by molar-refractivity contribution is 7.87. The normalized spacial score (nSPS) is 29.1. The highest BCUT2D eigenvalue weighted by atomic mass is 32.2. The lowest BCUT2D eigenvalue weighted by atomic mass is 9.91. The molecule has 7 nitrogen and oxygen atoms in total. The van der Waals surface area contributed by atoms with Gasteiger partial charge in [-0.25, -0.2) is 9.52 Å². The molecule has 0 aliphatic carbocycles. The molecular weight excluding hydrogens is 270 g/mol. The van der Waals surface area contributed by atoms with Crippen molar-refractivity contribution in [2.75, 3.05) is 26.7 Å². The van der Waals surface area contributed by atoms with Gasteiger partial charge in [-0.2, -0.15) is 12.7 Å². The maximum atomic E-state index is 12.0. The van der Waals surface area contributed by atoms with Crippen molar-refractivity contribution in [1.82, 2.24) is 14.3 Å². The first kappa shape index (κ1) is 14.5. The molecule has 0 bridgehead atoms. The molecule has 2 N–H and O–H groups in total. The van der Waals surface area contributed by atoms with Gasteiger partial charge in [0.1, 0.15) is 0 Å². The summed E-state index contributed by atoms with van der Waals surface area (Å²) in [5.41, 5.74) is 0. The number of ether oxygens (including phenoxy) is 1. The summed E-state index contributed by atoms with van der Waals surface area (Å²) in [6.45, 7) is 1.92. The summed E-state index contributed by atoms with van der Waals surface area (Å²) in [6.07, 6.45) is 3.16. The number of hydrogen-bond acceptors (Lipinski definition) is 5. The molecule has 0 radical (unpaired) electrons. The fourth-order valence-electron chi connectivity index (χ4n) is 2.85. The Balaban J connectivity index is 1.97. The number of carbonyl (C=O) groups is 1. The number of carbonyl (C=O) groups excluding carboxylic acids is 1. The SMILES string of the molecule is COC(=O)NS(=O)(=O)N1CCCC(C2CCCN2)C1. The minimum atomic E-state index is -3.78. The quantitative estimate of drug-likeness (QED) is 0.767. The Morgan fingerprint density at radius 2 is 2.16 bits per heavy atom. The van der Waals surface area contributed by atoms with E-state index in [1.807, 2.05) is 4.72 Å². The zero-order valence-corrected chi connectivity index (χ0v) is 11.9. The number of amides is 1. The fraction of sp³-hybridized carbons (Fsp3) is 0.909. The number of rotatable bonds is 3. The minimum absolute atomic E-state index is 0.325. The van der Waals surface area contributed by atoms with Gasteiger partial charge >= 0.3 is 16.3 Å². The van der Waals surface area contributed by atoms with E-state index in [1.165, 1.54) is 4.31 Å². The predicted octanol–water partition coefficient (Wildman–Crippen LogP) is 0.0512. The van der Waals surface area contributed by atoms with E-state index >= 15 is 0 Å². The Morgan fingerprint density at radius 1 is 1.37 bits per heavy atom. The molecule has 8 heteroatoms. The van der Waals surface area contributed by atoms with E-state index in [1.54, 1.807) is 0 Å². The van der Waals surface area contributed by atoms with Crippen LogP contribution < -0.4 is 10.0 Å². The zero-order valence-electron chi connectivity index (χ0n) is 11.1. The van der Waals surface area contributed by atoms with Crippen LogP contribution in [0.3, 0.4) is 0 Å². The molecule has 2 atom stereocenters. The van der Waals surface area contributed by atoms with Crippen LogP contribution in [0.2, 0.25) is 0 Å². The summed E-state index contributed by atoms with van der Waals surface area (Å²) in [5, 5.41) is 3.42. The van der Waals surface area contributed by atoms with E-state index < -0.39 is 16.3 Å². The van der Waals surface area contributed by atoms with Gasteiger partial charge in [-0.3, -0.25) is 0 Å².